The number of nitrogens with zero attached hydrogens (tertiary/aromatic N) is 3. The molecular formula is C49H35N3. The number of para-hydroxylation sites is 2. The van der Waals surface area contributed by atoms with Crippen molar-refractivity contribution in [2.45, 2.75) is 19.3 Å². The Hall–Kier alpha value is -6.58. The zero-order chi connectivity index (χ0) is 34.8. The zero-order valence-electron chi connectivity index (χ0n) is 29.1. The molecule has 10 rings (SSSR count). The smallest absolute Gasteiger partial charge is 0.0702 e. The van der Waals surface area contributed by atoms with Gasteiger partial charge in [-0.15, -0.1) is 0 Å². The van der Waals surface area contributed by atoms with E-state index in [4.69, 9.17) is 0 Å². The molecule has 0 aliphatic heterocycles. The molecule has 0 amide bonds. The van der Waals surface area contributed by atoms with Gasteiger partial charge in [0.2, 0.25) is 0 Å². The summed E-state index contributed by atoms with van der Waals surface area (Å²) in [6.07, 6.45) is 3.71. The van der Waals surface area contributed by atoms with Gasteiger partial charge >= 0.3 is 0 Å². The summed E-state index contributed by atoms with van der Waals surface area (Å²) in [6, 6.07) is 59.2. The topological polar surface area (TPSA) is 30.7 Å². The van der Waals surface area contributed by atoms with Crippen molar-refractivity contribution in [3.8, 4) is 61.6 Å². The van der Waals surface area contributed by atoms with E-state index < -0.39 is 0 Å². The molecule has 52 heavy (non-hydrogen) atoms. The van der Waals surface area contributed by atoms with Gasteiger partial charge in [0.15, 0.2) is 0 Å². The first kappa shape index (κ1) is 30.3. The number of rotatable bonds is 5. The van der Waals surface area contributed by atoms with Crippen molar-refractivity contribution in [2.75, 3.05) is 0 Å². The van der Waals surface area contributed by atoms with Gasteiger partial charge in [0.1, 0.15) is 0 Å². The predicted molar refractivity (Wildman–Crippen MR) is 216 cm³/mol. The summed E-state index contributed by atoms with van der Waals surface area (Å²) in [4.78, 5) is 9.37. The Morgan fingerprint density at radius 2 is 0.904 bits per heavy atom. The van der Waals surface area contributed by atoms with Gasteiger partial charge in [0, 0.05) is 45.4 Å². The van der Waals surface area contributed by atoms with Crippen LogP contribution in [0, 0.1) is 0 Å². The summed E-state index contributed by atoms with van der Waals surface area (Å²) >= 11 is 0. The average molecular weight is 666 g/mol. The second-order valence-electron chi connectivity index (χ2n) is 14.3. The Bertz CT molecular complexity index is 2700. The van der Waals surface area contributed by atoms with Crippen molar-refractivity contribution in [1.82, 2.24) is 14.5 Å². The van der Waals surface area contributed by atoms with Gasteiger partial charge in [-0.3, -0.25) is 9.97 Å². The molecule has 0 radical (unpaired) electrons. The van der Waals surface area contributed by atoms with Gasteiger partial charge in [-0.2, -0.15) is 0 Å². The van der Waals surface area contributed by atoms with E-state index in [2.05, 4.69) is 168 Å². The third-order valence-electron chi connectivity index (χ3n) is 10.9. The highest BCUT2D eigenvalue weighted by atomic mass is 15.0. The molecule has 0 atom stereocenters. The molecule has 1 aliphatic carbocycles. The maximum Gasteiger partial charge on any atom is 0.0702 e. The van der Waals surface area contributed by atoms with Crippen LogP contribution in [0.1, 0.15) is 25.0 Å². The minimum atomic E-state index is -0.177. The van der Waals surface area contributed by atoms with Crippen LogP contribution in [0.2, 0.25) is 0 Å². The van der Waals surface area contributed by atoms with Crippen molar-refractivity contribution in [1.29, 1.82) is 0 Å². The minimum Gasteiger partial charge on any atom is -0.309 e. The highest BCUT2D eigenvalue weighted by Gasteiger charge is 2.36. The van der Waals surface area contributed by atoms with Crippen molar-refractivity contribution >= 4 is 21.8 Å². The van der Waals surface area contributed by atoms with Crippen LogP contribution in [0.5, 0.6) is 0 Å². The van der Waals surface area contributed by atoms with Crippen molar-refractivity contribution in [3.05, 3.63) is 187 Å². The van der Waals surface area contributed by atoms with E-state index in [0.717, 1.165) is 28.1 Å². The lowest BCUT2D eigenvalue weighted by Gasteiger charge is -2.23. The molecule has 1 aliphatic rings. The number of benzene rings is 6. The Morgan fingerprint density at radius 3 is 1.46 bits per heavy atom. The molecule has 3 heteroatoms. The molecule has 246 valence electrons. The summed E-state index contributed by atoms with van der Waals surface area (Å²) in [5.41, 5.74) is 17.6. The predicted octanol–water partition coefficient (Wildman–Crippen LogP) is 12.5. The number of fused-ring (bicyclic) bond motifs is 6. The Morgan fingerprint density at radius 1 is 0.404 bits per heavy atom. The van der Waals surface area contributed by atoms with Crippen LogP contribution in [-0.2, 0) is 5.41 Å². The van der Waals surface area contributed by atoms with Gasteiger partial charge in [0.05, 0.1) is 22.4 Å². The maximum atomic E-state index is 4.68. The molecule has 0 bridgehead atoms. The van der Waals surface area contributed by atoms with Gasteiger partial charge < -0.3 is 4.57 Å². The molecule has 0 saturated carbocycles. The molecule has 6 aromatic carbocycles. The first-order valence-corrected chi connectivity index (χ1v) is 17.9. The van der Waals surface area contributed by atoms with Crippen LogP contribution >= 0.6 is 0 Å². The average Bonchev–Trinajstić information content (AvgIpc) is 3.66. The molecule has 0 unspecified atom stereocenters. The van der Waals surface area contributed by atoms with E-state index in [0.29, 0.717) is 0 Å². The minimum absolute atomic E-state index is 0.177. The highest BCUT2D eigenvalue weighted by molar-refractivity contribution is 6.09. The Kier molecular flexibility index (Phi) is 6.84. The number of hydrogen-bond acceptors (Lipinski definition) is 2. The third kappa shape index (κ3) is 4.81. The summed E-state index contributed by atoms with van der Waals surface area (Å²) in [6.45, 7) is 4.73. The summed E-state index contributed by atoms with van der Waals surface area (Å²) in [7, 11) is 0. The molecule has 3 nitrogen and oxygen atoms in total. The fourth-order valence-electron chi connectivity index (χ4n) is 8.28. The van der Waals surface area contributed by atoms with Gasteiger partial charge in [-0.25, -0.2) is 0 Å². The van der Waals surface area contributed by atoms with Crippen LogP contribution in [-0.4, -0.2) is 14.5 Å². The summed E-state index contributed by atoms with van der Waals surface area (Å²) < 4.78 is 2.39. The quantitative estimate of drug-likeness (QED) is 0.183. The third-order valence-corrected chi connectivity index (χ3v) is 10.9. The molecule has 3 aromatic heterocycles. The van der Waals surface area contributed by atoms with E-state index in [1.54, 1.807) is 0 Å². The largest absolute Gasteiger partial charge is 0.309 e. The lowest BCUT2D eigenvalue weighted by Crippen LogP contribution is -2.15. The maximum absolute atomic E-state index is 4.68. The van der Waals surface area contributed by atoms with Crippen molar-refractivity contribution in [3.63, 3.8) is 0 Å². The first-order chi connectivity index (χ1) is 25.5. The van der Waals surface area contributed by atoms with Crippen LogP contribution in [0.15, 0.2) is 176 Å². The molecular weight excluding hydrogens is 631 g/mol. The molecule has 0 fully saturated rings. The standard InChI is InChI=1S/C49H35N3/c1-49(2)43-30-33(32-12-11-13-38(29-32)52-47-18-5-3-14-41(47)42-15-4-6-19-48(42)52)20-22-39(43)40-23-21-34(31-44(40)49)35-26-36(45-16-7-9-24-50-45)28-37(27-35)46-17-8-10-25-51-46/h3-31H,1-2H3. The van der Waals surface area contributed by atoms with Gasteiger partial charge in [0.25, 0.3) is 0 Å². The van der Waals surface area contributed by atoms with Crippen molar-refractivity contribution in [2.24, 2.45) is 0 Å². The lowest BCUT2D eigenvalue weighted by molar-refractivity contribution is 0.661. The Balaban J connectivity index is 1.05. The summed E-state index contributed by atoms with van der Waals surface area (Å²) in [5.74, 6) is 0. The molecule has 0 spiro atoms. The van der Waals surface area contributed by atoms with Crippen LogP contribution in [0.3, 0.4) is 0 Å². The lowest BCUT2D eigenvalue weighted by atomic mass is 9.80. The molecule has 0 N–H and O–H groups in total. The first-order valence-electron chi connectivity index (χ1n) is 17.9. The van der Waals surface area contributed by atoms with Crippen LogP contribution < -0.4 is 0 Å². The van der Waals surface area contributed by atoms with Crippen LogP contribution in [0.25, 0.3) is 83.4 Å². The SMILES string of the molecule is CC1(C)c2cc(-c3cc(-c4ccccn4)cc(-c4ccccn4)c3)ccc2-c2ccc(-c3cccc(-n4c5ccccc5c5ccccc54)c3)cc21. The monoisotopic (exact) mass is 665 g/mol. The van der Waals surface area contributed by atoms with Gasteiger partial charge in [-0.1, -0.05) is 98.8 Å². The van der Waals surface area contributed by atoms with E-state index in [1.807, 2.05) is 36.7 Å². The van der Waals surface area contributed by atoms with Crippen molar-refractivity contribution < 1.29 is 0 Å². The zero-order valence-corrected chi connectivity index (χ0v) is 29.1. The summed E-state index contributed by atoms with van der Waals surface area (Å²) in [5, 5.41) is 2.55. The molecule has 0 saturated heterocycles. The second kappa shape index (κ2) is 11.8. The molecule has 3 heterocycles. The second-order valence-corrected chi connectivity index (χ2v) is 14.3. The van der Waals surface area contributed by atoms with E-state index in [-0.39, 0.29) is 5.41 Å². The van der Waals surface area contributed by atoms with Crippen LogP contribution in [0.4, 0.5) is 0 Å². The fourth-order valence-corrected chi connectivity index (χ4v) is 8.28. The highest BCUT2D eigenvalue weighted by Crippen LogP contribution is 2.51. The Labute approximate surface area is 303 Å². The van der Waals surface area contributed by atoms with E-state index in [9.17, 15) is 0 Å². The number of aromatic nitrogens is 3. The van der Waals surface area contributed by atoms with Gasteiger partial charge in [-0.05, 0) is 123 Å². The van der Waals surface area contributed by atoms with E-state index >= 15 is 0 Å². The number of hydrogen-bond donors (Lipinski definition) is 0. The molecule has 9 aromatic rings. The normalized spacial score (nSPS) is 13.0. The number of pyridine rings is 2. The van der Waals surface area contributed by atoms with E-state index in [1.165, 1.54) is 66.4 Å². The fraction of sp³-hybridized carbons (Fsp3) is 0.0612.